The lowest BCUT2D eigenvalue weighted by molar-refractivity contribution is -0.116. The maximum absolute atomic E-state index is 12.0. The Morgan fingerprint density at radius 1 is 1.03 bits per heavy atom. The van der Waals surface area contributed by atoms with Gasteiger partial charge in [0.05, 0.1) is 0 Å². The van der Waals surface area contributed by atoms with E-state index in [0.29, 0.717) is 5.69 Å². The molecule has 30 heavy (non-hydrogen) atoms. The molecule has 2 rings (SSSR count). The lowest BCUT2D eigenvalue weighted by atomic mass is 10.2. The first kappa shape index (κ1) is 22.6. The molecule has 10 nitrogen and oxygen atoms in total. The van der Waals surface area contributed by atoms with E-state index in [2.05, 4.69) is 26.1 Å². The van der Waals surface area contributed by atoms with Gasteiger partial charge in [-0.25, -0.2) is 9.89 Å². The first-order valence-electron chi connectivity index (χ1n) is 9.32. The molecule has 10 heteroatoms. The van der Waals surface area contributed by atoms with E-state index in [4.69, 9.17) is 4.74 Å². The number of H-pyrrole nitrogens is 1. The zero-order chi connectivity index (χ0) is 22.1. The fourth-order valence-corrected chi connectivity index (χ4v) is 2.27. The third-order valence-corrected chi connectivity index (χ3v) is 3.62. The molecule has 0 bridgehead atoms. The largest absolute Gasteiger partial charge is 0.444 e. The minimum Gasteiger partial charge on any atom is -0.444 e. The monoisotopic (exact) mass is 415 g/mol. The van der Waals surface area contributed by atoms with Crippen molar-refractivity contribution < 1.29 is 19.1 Å². The van der Waals surface area contributed by atoms with Gasteiger partial charge in [0, 0.05) is 31.3 Å². The van der Waals surface area contributed by atoms with Gasteiger partial charge in [0.1, 0.15) is 11.3 Å². The predicted molar refractivity (Wildman–Crippen MR) is 110 cm³/mol. The van der Waals surface area contributed by atoms with Gasteiger partial charge in [-0.05, 0) is 44.5 Å². The summed E-state index contributed by atoms with van der Waals surface area (Å²) in [6.45, 7) is 5.69. The molecule has 4 N–H and O–H groups in total. The van der Waals surface area contributed by atoms with Gasteiger partial charge in [0.2, 0.25) is 5.91 Å². The molecule has 1 aromatic heterocycles. The van der Waals surface area contributed by atoms with E-state index in [1.807, 2.05) is 0 Å². The standard InChI is InChI=1S/C20H25N5O5/c1-20(2,3)30-19(29)21-11-10-16(26)23-14-6-4-13(5-7-14)12-22-18(28)15-8-9-17(27)25-24-15/h4-9H,10-12H2,1-3H3,(H,21,29)(H,22,28)(H,23,26)(H,25,27). The minimum absolute atomic E-state index is 0.100. The third-order valence-electron chi connectivity index (χ3n) is 3.62. The van der Waals surface area contributed by atoms with Crippen LogP contribution in [-0.2, 0) is 16.1 Å². The van der Waals surface area contributed by atoms with Crippen molar-refractivity contribution in [2.75, 3.05) is 11.9 Å². The summed E-state index contributed by atoms with van der Waals surface area (Å²) >= 11 is 0. The average Bonchev–Trinajstić information content (AvgIpc) is 2.66. The maximum Gasteiger partial charge on any atom is 0.407 e. The van der Waals surface area contributed by atoms with Crippen molar-refractivity contribution in [3.05, 3.63) is 58.0 Å². The number of rotatable bonds is 7. The summed E-state index contributed by atoms with van der Waals surface area (Å²) in [5.74, 6) is -0.669. The van der Waals surface area contributed by atoms with Crippen molar-refractivity contribution in [2.45, 2.75) is 39.3 Å². The number of alkyl carbamates (subject to hydrolysis) is 1. The van der Waals surface area contributed by atoms with Crippen LogP contribution in [-0.4, -0.2) is 40.3 Å². The number of hydrogen-bond donors (Lipinski definition) is 4. The lowest BCUT2D eigenvalue weighted by Crippen LogP contribution is -2.34. The highest BCUT2D eigenvalue weighted by molar-refractivity contribution is 5.92. The van der Waals surface area contributed by atoms with Crippen molar-refractivity contribution in [1.82, 2.24) is 20.8 Å². The van der Waals surface area contributed by atoms with E-state index in [1.54, 1.807) is 45.0 Å². The Morgan fingerprint density at radius 3 is 2.33 bits per heavy atom. The molecule has 3 amide bonds. The Hall–Kier alpha value is -3.69. The van der Waals surface area contributed by atoms with Crippen LogP contribution in [0.25, 0.3) is 0 Å². The lowest BCUT2D eigenvalue weighted by Gasteiger charge is -2.19. The summed E-state index contributed by atoms with van der Waals surface area (Å²) in [5.41, 5.74) is 0.541. The highest BCUT2D eigenvalue weighted by Gasteiger charge is 2.16. The Bertz CT molecular complexity index is 927. The zero-order valence-electron chi connectivity index (χ0n) is 17.1. The topological polar surface area (TPSA) is 142 Å². The fraction of sp³-hybridized carbons (Fsp3) is 0.350. The first-order valence-corrected chi connectivity index (χ1v) is 9.32. The maximum atomic E-state index is 12.0. The van der Waals surface area contributed by atoms with Crippen LogP contribution >= 0.6 is 0 Å². The molecule has 0 atom stereocenters. The molecule has 0 aliphatic rings. The number of carbonyl (C=O) groups excluding carboxylic acids is 3. The second-order valence-electron chi connectivity index (χ2n) is 7.41. The summed E-state index contributed by atoms with van der Waals surface area (Å²) < 4.78 is 5.09. The number of amides is 3. The van der Waals surface area contributed by atoms with E-state index in [-0.39, 0.29) is 36.7 Å². The highest BCUT2D eigenvalue weighted by Crippen LogP contribution is 2.10. The summed E-state index contributed by atoms with van der Waals surface area (Å²) in [6, 6.07) is 9.50. The van der Waals surface area contributed by atoms with Crippen LogP contribution in [0.5, 0.6) is 0 Å². The number of aromatic nitrogens is 2. The van der Waals surface area contributed by atoms with Crippen LogP contribution in [0.2, 0.25) is 0 Å². The molecule has 1 aromatic carbocycles. The van der Waals surface area contributed by atoms with Crippen LogP contribution in [0.1, 0.15) is 43.2 Å². The van der Waals surface area contributed by atoms with Gasteiger partial charge in [0.15, 0.2) is 0 Å². The fourth-order valence-electron chi connectivity index (χ4n) is 2.27. The van der Waals surface area contributed by atoms with E-state index in [1.165, 1.54) is 12.1 Å². The van der Waals surface area contributed by atoms with Gasteiger partial charge in [-0.1, -0.05) is 12.1 Å². The van der Waals surface area contributed by atoms with Gasteiger partial charge in [-0.15, -0.1) is 0 Å². The molecule has 0 radical (unpaired) electrons. The summed E-state index contributed by atoms with van der Waals surface area (Å²) in [4.78, 5) is 46.4. The minimum atomic E-state index is -0.593. The van der Waals surface area contributed by atoms with E-state index >= 15 is 0 Å². The quantitative estimate of drug-likeness (QED) is 0.540. The molecule has 0 unspecified atom stereocenters. The number of ether oxygens (including phenoxy) is 1. The SMILES string of the molecule is CC(C)(C)OC(=O)NCCC(=O)Nc1ccc(CNC(=O)c2ccc(=O)[nH]n2)cc1. The van der Waals surface area contributed by atoms with Crippen molar-refractivity contribution in [3.8, 4) is 0 Å². The van der Waals surface area contributed by atoms with Crippen molar-refractivity contribution >= 4 is 23.6 Å². The van der Waals surface area contributed by atoms with Crippen LogP contribution < -0.4 is 21.5 Å². The molecular formula is C20H25N5O5. The molecule has 160 valence electrons. The highest BCUT2D eigenvalue weighted by atomic mass is 16.6. The molecule has 2 aromatic rings. The number of hydrogen-bond acceptors (Lipinski definition) is 6. The number of nitrogens with zero attached hydrogens (tertiary/aromatic N) is 1. The van der Waals surface area contributed by atoms with E-state index < -0.39 is 17.6 Å². The zero-order valence-corrected chi connectivity index (χ0v) is 17.1. The second-order valence-corrected chi connectivity index (χ2v) is 7.41. The van der Waals surface area contributed by atoms with Crippen LogP contribution in [0.4, 0.5) is 10.5 Å². The number of benzene rings is 1. The van der Waals surface area contributed by atoms with Gasteiger partial charge in [0.25, 0.3) is 11.5 Å². The molecule has 0 spiro atoms. The van der Waals surface area contributed by atoms with Crippen LogP contribution in [0.3, 0.4) is 0 Å². The summed E-state index contributed by atoms with van der Waals surface area (Å²) in [6.07, 6.45) is -0.470. The Labute approximate surface area is 173 Å². The van der Waals surface area contributed by atoms with Crippen LogP contribution in [0.15, 0.2) is 41.2 Å². The molecule has 1 heterocycles. The Kier molecular flexibility index (Phi) is 7.68. The van der Waals surface area contributed by atoms with Gasteiger partial charge >= 0.3 is 6.09 Å². The van der Waals surface area contributed by atoms with Crippen LogP contribution in [0, 0.1) is 0 Å². The predicted octanol–water partition coefficient (Wildman–Crippen LogP) is 1.55. The molecular weight excluding hydrogens is 390 g/mol. The van der Waals surface area contributed by atoms with Crippen molar-refractivity contribution in [1.29, 1.82) is 0 Å². The average molecular weight is 415 g/mol. The number of carbonyl (C=O) groups is 3. The van der Waals surface area contributed by atoms with E-state index in [9.17, 15) is 19.2 Å². The van der Waals surface area contributed by atoms with Gasteiger partial charge in [-0.2, -0.15) is 5.10 Å². The second kappa shape index (κ2) is 10.2. The molecule has 0 fully saturated rings. The summed E-state index contributed by atoms with van der Waals surface area (Å²) in [5, 5.41) is 13.8. The smallest absolute Gasteiger partial charge is 0.407 e. The molecule has 0 aliphatic carbocycles. The number of aromatic amines is 1. The third kappa shape index (κ3) is 8.13. The van der Waals surface area contributed by atoms with Gasteiger partial charge < -0.3 is 20.7 Å². The Balaban J connectivity index is 1.74. The number of anilines is 1. The molecule has 0 aliphatic heterocycles. The number of nitrogens with one attached hydrogen (secondary N) is 4. The first-order chi connectivity index (χ1) is 14.1. The van der Waals surface area contributed by atoms with Gasteiger partial charge in [-0.3, -0.25) is 14.4 Å². The molecule has 0 saturated carbocycles. The van der Waals surface area contributed by atoms with Crippen molar-refractivity contribution in [3.63, 3.8) is 0 Å². The van der Waals surface area contributed by atoms with Crippen molar-refractivity contribution in [2.24, 2.45) is 0 Å². The normalized spacial score (nSPS) is 10.8. The molecule has 0 saturated heterocycles. The Morgan fingerprint density at radius 2 is 1.73 bits per heavy atom. The summed E-state index contributed by atoms with van der Waals surface area (Å²) in [7, 11) is 0. The van der Waals surface area contributed by atoms with E-state index in [0.717, 1.165) is 5.56 Å².